The summed E-state index contributed by atoms with van der Waals surface area (Å²) in [4.78, 5) is 14.3. The zero-order valence-corrected chi connectivity index (χ0v) is 12.5. The van der Waals surface area contributed by atoms with Gasteiger partial charge in [0, 0.05) is 26.1 Å². The van der Waals surface area contributed by atoms with Crippen molar-refractivity contribution in [2.75, 3.05) is 39.9 Å². The van der Waals surface area contributed by atoms with Crippen molar-refractivity contribution in [3.05, 3.63) is 11.9 Å². The van der Waals surface area contributed by atoms with Gasteiger partial charge in [-0.05, 0) is 32.4 Å². The SMILES string of the molecule is COCC1CCN(C(=O)c2cn(C3CCNCC3)nn2)C1. The second-order valence-corrected chi connectivity index (χ2v) is 5.93. The van der Waals surface area contributed by atoms with E-state index >= 15 is 0 Å². The number of rotatable bonds is 4. The molecule has 3 heterocycles. The Balaban J connectivity index is 1.61. The lowest BCUT2D eigenvalue weighted by molar-refractivity contribution is 0.0769. The molecule has 0 aromatic carbocycles. The molecule has 0 spiro atoms. The van der Waals surface area contributed by atoms with Gasteiger partial charge in [-0.1, -0.05) is 5.21 Å². The molecule has 116 valence electrons. The van der Waals surface area contributed by atoms with E-state index in [-0.39, 0.29) is 5.91 Å². The predicted molar refractivity (Wildman–Crippen MR) is 77.0 cm³/mol. The molecule has 1 unspecified atom stereocenters. The van der Waals surface area contributed by atoms with E-state index in [0.29, 0.717) is 24.3 Å². The summed E-state index contributed by atoms with van der Waals surface area (Å²) >= 11 is 0. The first-order chi connectivity index (χ1) is 10.3. The number of hydrogen-bond acceptors (Lipinski definition) is 5. The molecule has 1 aromatic heterocycles. The molecule has 1 atom stereocenters. The van der Waals surface area contributed by atoms with Gasteiger partial charge in [-0.15, -0.1) is 5.10 Å². The lowest BCUT2D eigenvalue weighted by Gasteiger charge is -2.22. The number of carbonyl (C=O) groups is 1. The molecule has 7 heteroatoms. The fraction of sp³-hybridized carbons (Fsp3) is 0.786. The average molecular weight is 293 g/mol. The van der Waals surface area contributed by atoms with E-state index < -0.39 is 0 Å². The van der Waals surface area contributed by atoms with Crippen LogP contribution in [0.25, 0.3) is 0 Å². The van der Waals surface area contributed by atoms with E-state index in [9.17, 15) is 4.79 Å². The van der Waals surface area contributed by atoms with Crippen LogP contribution in [0, 0.1) is 5.92 Å². The van der Waals surface area contributed by atoms with Gasteiger partial charge in [0.2, 0.25) is 0 Å². The highest BCUT2D eigenvalue weighted by Crippen LogP contribution is 2.20. The van der Waals surface area contributed by atoms with Gasteiger partial charge < -0.3 is 15.0 Å². The summed E-state index contributed by atoms with van der Waals surface area (Å²) in [6.07, 6.45) is 4.89. The molecule has 2 aliphatic heterocycles. The summed E-state index contributed by atoms with van der Waals surface area (Å²) in [6, 6.07) is 0.361. The summed E-state index contributed by atoms with van der Waals surface area (Å²) in [5.74, 6) is 0.437. The Morgan fingerprint density at radius 2 is 2.24 bits per heavy atom. The Morgan fingerprint density at radius 3 is 3.00 bits per heavy atom. The normalized spacial score (nSPS) is 23.7. The number of amides is 1. The molecular formula is C14H23N5O2. The van der Waals surface area contributed by atoms with Crippen molar-refractivity contribution in [3.63, 3.8) is 0 Å². The number of likely N-dealkylation sites (tertiary alicyclic amines) is 1. The smallest absolute Gasteiger partial charge is 0.276 e. The molecule has 0 saturated carbocycles. The molecule has 0 radical (unpaired) electrons. The number of nitrogens with zero attached hydrogens (tertiary/aromatic N) is 4. The van der Waals surface area contributed by atoms with Gasteiger partial charge in [-0.25, -0.2) is 4.68 Å². The molecule has 2 fully saturated rings. The third kappa shape index (κ3) is 3.24. The number of ether oxygens (including phenoxy) is 1. The topological polar surface area (TPSA) is 72.3 Å². The van der Waals surface area contributed by atoms with Crippen molar-refractivity contribution in [2.45, 2.75) is 25.3 Å². The van der Waals surface area contributed by atoms with Gasteiger partial charge >= 0.3 is 0 Å². The first-order valence-corrected chi connectivity index (χ1v) is 7.68. The maximum Gasteiger partial charge on any atom is 0.276 e. The van der Waals surface area contributed by atoms with Crippen LogP contribution in [-0.2, 0) is 4.74 Å². The van der Waals surface area contributed by atoms with Crippen LogP contribution in [0.1, 0.15) is 35.8 Å². The third-order valence-corrected chi connectivity index (χ3v) is 4.39. The molecule has 0 aliphatic carbocycles. The molecule has 2 aliphatic rings. The number of nitrogens with one attached hydrogen (secondary N) is 1. The number of carbonyl (C=O) groups excluding carboxylic acids is 1. The zero-order chi connectivity index (χ0) is 14.7. The van der Waals surface area contributed by atoms with Crippen LogP contribution < -0.4 is 5.32 Å². The van der Waals surface area contributed by atoms with Crippen LogP contribution in [0.4, 0.5) is 0 Å². The Kier molecular flexibility index (Phi) is 4.50. The summed E-state index contributed by atoms with van der Waals surface area (Å²) in [5, 5.41) is 11.6. The largest absolute Gasteiger partial charge is 0.384 e. The van der Waals surface area contributed by atoms with E-state index in [1.807, 2.05) is 15.8 Å². The van der Waals surface area contributed by atoms with Gasteiger partial charge in [-0.3, -0.25) is 4.79 Å². The third-order valence-electron chi connectivity index (χ3n) is 4.39. The minimum absolute atomic E-state index is 0.00575. The molecule has 7 nitrogen and oxygen atoms in total. The molecule has 21 heavy (non-hydrogen) atoms. The quantitative estimate of drug-likeness (QED) is 0.865. The molecule has 2 saturated heterocycles. The molecule has 3 rings (SSSR count). The highest BCUT2D eigenvalue weighted by Gasteiger charge is 2.29. The zero-order valence-electron chi connectivity index (χ0n) is 12.5. The van der Waals surface area contributed by atoms with Crippen molar-refractivity contribution >= 4 is 5.91 Å². The van der Waals surface area contributed by atoms with Crippen molar-refractivity contribution in [2.24, 2.45) is 5.92 Å². The molecule has 1 amide bonds. The first-order valence-electron chi connectivity index (χ1n) is 7.68. The van der Waals surface area contributed by atoms with Gasteiger partial charge in [0.25, 0.3) is 5.91 Å². The Bertz CT molecular complexity index is 483. The van der Waals surface area contributed by atoms with Crippen molar-refractivity contribution in [1.29, 1.82) is 0 Å². The fourth-order valence-corrected chi connectivity index (χ4v) is 3.18. The maximum absolute atomic E-state index is 12.4. The lowest BCUT2D eigenvalue weighted by Crippen LogP contribution is -2.30. The van der Waals surface area contributed by atoms with E-state index in [0.717, 1.165) is 45.4 Å². The standard InChI is InChI=1S/C14H23N5O2/c1-21-10-11-4-7-18(8-11)14(20)13-9-19(17-16-13)12-2-5-15-6-3-12/h9,11-12,15H,2-8,10H2,1H3. The van der Waals surface area contributed by atoms with E-state index in [4.69, 9.17) is 4.74 Å². The van der Waals surface area contributed by atoms with Crippen molar-refractivity contribution in [1.82, 2.24) is 25.2 Å². The minimum Gasteiger partial charge on any atom is -0.384 e. The summed E-state index contributed by atoms with van der Waals surface area (Å²) in [6.45, 7) is 4.25. The summed E-state index contributed by atoms with van der Waals surface area (Å²) in [5.41, 5.74) is 0.464. The van der Waals surface area contributed by atoms with Gasteiger partial charge in [0.15, 0.2) is 5.69 Å². The van der Waals surface area contributed by atoms with Crippen LogP contribution in [0.5, 0.6) is 0 Å². The van der Waals surface area contributed by atoms with E-state index in [1.54, 1.807) is 7.11 Å². The average Bonchev–Trinajstić information content (AvgIpc) is 3.17. The predicted octanol–water partition coefficient (Wildman–Crippen LogP) is 0.311. The molecular weight excluding hydrogens is 270 g/mol. The molecule has 1 N–H and O–H groups in total. The van der Waals surface area contributed by atoms with E-state index in [2.05, 4.69) is 15.6 Å². The fourth-order valence-electron chi connectivity index (χ4n) is 3.18. The van der Waals surface area contributed by atoms with Crippen LogP contribution >= 0.6 is 0 Å². The monoisotopic (exact) mass is 293 g/mol. The van der Waals surface area contributed by atoms with Crippen LogP contribution in [0.3, 0.4) is 0 Å². The van der Waals surface area contributed by atoms with Crippen LogP contribution in [0.15, 0.2) is 6.20 Å². The van der Waals surface area contributed by atoms with E-state index in [1.165, 1.54) is 0 Å². The number of hydrogen-bond donors (Lipinski definition) is 1. The number of piperidine rings is 1. The minimum atomic E-state index is -0.00575. The number of aromatic nitrogens is 3. The highest BCUT2D eigenvalue weighted by molar-refractivity contribution is 5.92. The highest BCUT2D eigenvalue weighted by atomic mass is 16.5. The lowest BCUT2D eigenvalue weighted by atomic mass is 10.1. The Hall–Kier alpha value is -1.47. The van der Waals surface area contributed by atoms with Crippen LogP contribution in [0.2, 0.25) is 0 Å². The van der Waals surface area contributed by atoms with Crippen molar-refractivity contribution in [3.8, 4) is 0 Å². The Labute approximate surface area is 124 Å². The summed E-state index contributed by atoms with van der Waals surface area (Å²) in [7, 11) is 1.70. The Morgan fingerprint density at radius 1 is 1.43 bits per heavy atom. The van der Waals surface area contributed by atoms with Crippen LogP contribution in [-0.4, -0.2) is 65.7 Å². The first kappa shape index (κ1) is 14.5. The van der Waals surface area contributed by atoms with Gasteiger partial charge in [-0.2, -0.15) is 0 Å². The second kappa shape index (κ2) is 6.53. The van der Waals surface area contributed by atoms with Gasteiger partial charge in [0.05, 0.1) is 18.8 Å². The molecule has 1 aromatic rings. The van der Waals surface area contributed by atoms with Crippen molar-refractivity contribution < 1.29 is 9.53 Å². The number of methoxy groups -OCH3 is 1. The second-order valence-electron chi connectivity index (χ2n) is 5.93. The van der Waals surface area contributed by atoms with Gasteiger partial charge in [0.1, 0.15) is 0 Å². The summed E-state index contributed by atoms with van der Waals surface area (Å²) < 4.78 is 7.02. The maximum atomic E-state index is 12.4. The molecule has 0 bridgehead atoms.